The van der Waals surface area contributed by atoms with Gasteiger partial charge in [-0.15, -0.1) is 10.2 Å². The maximum atomic E-state index is 12.1. The normalized spacial score (nSPS) is 12.4. The third-order valence-electron chi connectivity index (χ3n) is 2.68. The first-order valence-corrected chi connectivity index (χ1v) is 6.81. The molecule has 0 atom stereocenters. The number of rotatable bonds is 4. The van der Waals surface area contributed by atoms with E-state index in [1.165, 1.54) is 11.3 Å². The van der Waals surface area contributed by atoms with Gasteiger partial charge < -0.3 is 15.2 Å². The van der Waals surface area contributed by atoms with Crippen LogP contribution in [0.2, 0.25) is 0 Å². The lowest BCUT2D eigenvalue weighted by Crippen LogP contribution is -2.11. The molecule has 1 aromatic carbocycles. The van der Waals surface area contributed by atoms with E-state index >= 15 is 0 Å². The van der Waals surface area contributed by atoms with Gasteiger partial charge in [-0.1, -0.05) is 11.3 Å². The molecule has 7 nitrogen and oxygen atoms in total. The Balaban J connectivity index is 1.72. The van der Waals surface area contributed by atoms with Crippen molar-refractivity contribution < 1.29 is 14.3 Å². The van der Waals surface area contributed by atoms with E-state index in [1.807, 2.05) is 0 Å². The molecule has 0 radical (unpaired) electrons. The molecule has 0 saturated carbocycles. The molecule has 0 saturated heterocycles. The van der Waals surface area contributed by atoms with Crippen molar-refractivity contribution >= 4 is 22.4 Å². The van der Waals surface area contributed by atoms with Gasteiger partial charge in [0, 0.05) is 12.0 Å². The molecule has 0 bridgehead atoms. The topological polar surface area (TPSA) is 99.4 Å². The van der Waals surface area contributed by atoms with Gasteiger partial charge in [-0.25, -0.2) is 0 Å². The lowest BCUT2D eigenvalue weighted by Gasteiger charge is -2.02. The molecule has 1 aliphatic heterocycles. The van der Waals surface area contributed by atoms with Crippen LogP contribution >= 0.6 is 11.3 Å². The summed E-state index contributed by atoms with van der Waals surface area (Å²) in [6.07, 6.45) is 0.650. The summed E-state index contributed by atoms with van der Waals surface area (Å²) in [5.74, 6) is 0.945. The van der Waals surface area contributed by atoms with Crippen molar-refractivity contribution in [2.24, 2.45) is 5.73 Å². The summed E-state index contributed by atoms with van der Waals surface area (Å²) in [6, 6.07) is 5.02. The Morgan fingerprint density at radius 2 is 2.20 bits per heavy atom. The summed E-state index contributed by atoms with van der Waals surface area (Å²) in [5, 5.41) is 11.8. The van der Waals surface area contributed by atoms with Gasteiger partial charge in [0.1, 0.15) is 5.01 Å². The molecule has 0 fully saturated rings. The Morgan fingerprint density at radius 3 is 3.05 bits per heavy atom. The molecule has 3 N–H and O–H groups in total. The fourth-order valence-electron chi connectivity index (χ4n) is 1.74. The van der Waals surface area contributed by atoms with E-state index in [-0.39, 0.29) is 12.7 Å². The zero-order valence-electron chi connectivity index (χ0n) is 10.5. The van der Waals surface area contributed by atoms with Gasteiger partial charge >= 0.3 is 0 Å². The molecule has 0 unspecified atom stereocenters. The van der Waals surface area contributed by atoms with Gasteiger partial charge in [-0.3, -0.25) is 10.1 Å². The third kappa shape index (κ3) is 2.56. The van der Waals surface area contributed by atoms with E-state index in [4.69, 9.17) is 15.2 Å². The second-order valence-corrected chi connectivity index (χ2v) is 5.12. The predicted octanol–water partition coefficient (Wildman–Crippen LogP) is 1.02. The zero-order valence-corrected chi connectivity index (χ0v) is 11.3. The average molecular weight is 292 g/mol. The number of fused-ring (bicyclic) bond motifs is 1. The number of hydrogen-bond acceptors (Lipinski definition) is 7. The fourth-order valence-corrected chi connectivity index (χ4v) is 2.49. The summed E-state index contributed by atoms with van der Waals surface area (Å²) in [4.78, 5) is 12.1. The Kier molecular flexibility index (Phi) is 3.48. The second-order valence-electron chi connectivity index (χ2n) is 4.06. The molecule has 2 aromatic rings. The van der Waals surface area contributed by atoms with Crippen LogP contribution in [0.5, 0.6) is 11.5 Å². The molecule has 20 heavy (non-hydrogen) atoms. The number of benzene rings is 1. The Hall–Kier alpha value is -2.19. The van der Waals surface area contributed by atoms with Crippen LogP contribution in [0.3, 0.4) is 0 Å². The van der Waals surface area contributed by atoms with E-state index in [0.29, 0.717) is 35.2 Å². The number of carbonyl (C=O) groups is 1. The van der Waals surface area contributed by atoms with E-state index in [1.54, 1.807) is 18.2 Å². The van der Waals surface area contributed by atoms with Crippen LogP contribution in [0, 0.1) is 0 Å². The van der Waals surface area contributed by atoms with Crippen LogP contribution in [-0.2, 0) is 6.42 Å². The number of amides is 1. The lowest BCUT2D eigenvalue weighted by atomic mass is 10.2. The zero-order chi connectivity index (χ0) is 13.9. The monoisotopic (exact) mass is 292 g/mol. The quantitative estimate of drug-likeness (QED) is 0.872. The molecule has 8 heteroatoms. The summed E-state index contributed by atoms with van der Waals surface area (Å²) < 4.78 is 10.4. The predicted molar refractivity (Wildman–Crippen MR) is 73.2 cm³/mol. The molecular weight excluding hydrogens is 280 g/mol. The highest BCUT2D eigenvalue weighted by Crippen LogP contribution is 2.32. The van der Waals surface area contributed by atoms with Crippen molar-refractivity contribution in [3.63, 3.8) is 0 Å². The Labute approximate surface area is 118 Å². The maximum absolute atomic E-state index is 12.1. The van der Waals surface area contributed by atoms with Crippen LogP contribution in [0.25, 0.3) is 0 Å². The van der Waals surface area contributed by atoms with Crippen LogP contribution < -0.4 is 20.5 Å². The van der Waals surface area contributed by atoms with E-state index in [0.717, 1.165) is 5.01 Å². The number of anilines is 1. The highest BCUT2D eigenvalue weighted by atomic mass is 32.1. The smallest absolute Gasteiger partial charge is 0.257 e. The van der Waals surface area contributed by atoms with Gasteiger partial charge in [0.15, 0.2) is 11.5 Å². The average Bonchev–Trinajstić information content (AvgIpc) is 3.07. The third-order valence-corrected chi connectivity index (χ3v) is 3.58. The second kappa shape index (κ2) is 5.43. The number of carbonyl (C=O) groups excluding carboxylic acids is 1. The van der Waals surface area contributed by atoms with Crippen LogP contribution in [0.1, 0.15) is 15.4 Å². The molecule has 0 aliphatic carbocycles. The first kappa shape index (κ1) is 12.8. The molecule has 2 heterocycles. The highest BCUT2D eigenvalue weighted by Gasteiger charge is 2.17. The summed E-state index contributed by atoms with van der Waals surface area (Å²) in [5.41, 5.74) is 5.92. The molecular formula is C12H12N4O3S. The SMILES string of the molecule is NCCc1nnc(NC(=O)c2ccc3c(c2)OCO3)s1. The Morgan fingerprint density at radius 1 is 1.35 bits per heavy atom. The molecule has 3 rings (SSSR count). The fraction of sp³-hybridized carbons (Fsp3) is 0.250. The number of hydrogen-bond donors (Lipinski definition) is 2. The minimum absolute atomic E-state index is 0.180. The molecule has 104 valence electrons. The van der Waals surface area contributed by atoms with E-state index in [2.05, 4.69) is 15.5 Å². The van der Waals surface area contributed by atoms with Crippen molar-refractivity contribution in [3.8, 4) is 11.5 Å². The first-order chi connectivity index (χ1) is 9.76. The number of nitrogens with two attached hydrogens (primary N) is 1. The standard InChI is InChI=1S/C12H12N4O3S/c13-4-3-10-15-16-12(20-10)14-11(17)7-1-2-8-9(5-7)19-6-18-8/h1-2,5H,3-4,6,13H2,(H,14,16,17). The number of nitrogens with zero attached hydrogens (tertiary/aromatic N) is 2. The van der Waals surface area contributed by atoms with Gasteiger partial charge in [-0.2, -0.15) is 0 Å². The van der Waals surface area contributed by atoms with Crippen molar-refractivity contribution in [1.29, 1.82) is 0 Å². The number of aromatic nitrogens is 2. The van der Waals surface area contributed by atoms with Crippen LogP contribution in [-0.4, -0.2) is 29.4 Å². The lowest BCUT2D eigenvalue weighted by molar-refractivity contribution is 0.102. The number of nitrogens with one attached hydrogen (secondary N) is 1. The van der Waals surface area contributed by atoms with E-state index < -0.39 is 0 Å². The first-order valence-electron chi connectivity index (χ1n) is 6.00. The maximum Gasteiger partial charge on any atom is 0.257 e. The number of ether oxygens (including phenoxy) is 2. The van der Waals surface area contributed by atoms with Gasteiger partial charge in [0.25, 0.3) is 5.91 Å². The molecule has 1 amide bonds. The highest BCUT2D eigenvalue weighted by molar-refractivity contribution is 7.15. The van der Waals surface area contributed by atoms with Crippen molar-refractivity contribution in [1.82, 2.24) is 10.2 Å². The summed E-state index contributed by atoms with van der Waals surface area (Å²) in [7, 11) is 0. The largest absolute Gasteiger partial charge is 0.454 e. The molecule has 1 aromatic heterocycles. The van der Waals surface area contributed by atoms with Gasteiger partial charge in [0.2, 0.25) is 11.9 Å². The summed E-state index contributed by atoms with van der Waals surface area (Å²) >= 11 is 1.32. The molecule has 0 spiro atoms. The summed E-state index contributed by atoms with van der Waals surface area (Å²) in [6.45, 7) is 0.685. The van der Waals surface area contributed by atoms with Gasteiger partial charge in [-0.05, 0) is 24.7 Å². The van der Waals surface area contributed by atoms with E-state index in [9.17, 15) is 4.79 Å². The van der Waals surface area contributed by atoms with Crippen molar-refractivity contribution in [2.45, 2.75) is 6.42 Å². The van der Waals surface area contributed by atoms with Crippen LogP contribution in [0.15, 0.2) is 18.2 Å². The van der Waals surface area contributed by atoms with Crippen LogP contribution in [0.4, 0.5) is 5.13 Å². The van der Waals surface area contributed by atoms with Crippen molar-refractivity contribution in [3.05, 3.63) is 28.8 Å². The minimum Gasteiger partial charge on any atom is -0.454 e. The van der Waals surface area contributed by atoms with Crippen molar-refractivity contribution in [2.75, 3.05) is 18.7 Å². The Bertz CT molecular complexity index is 643. The molecule has 1 aliphatic rings. The minimum atomic E-state index is -0.265. The van der Waals surface area contributed by atoms with Gasteiger partial charge in [0.05, 0.1) is 0 Å².